The van der Waals surface area contributed by atoms with Crippen LogP contribution in [-0.2, 0) is 4.74 Å². The molecule has 0 saturated heterocycles. The van der Waals surface area contributed by atoms with Crippen molar-refractivity contribution >= 4 is 23.4 Å². The van der Waals surface area contributed by atoms with E-state index in [9.17, 15) is 4.79 Å². The molecule has 98 valence electrons. The molecular weight excluding hydrogens is 262 g/mol. The molecule has 0 aliphatic heterocycles. The minimum absolute atomic E-state index is 0.313. The molecule has 6 heteroatoms. The first-order valence-electron chi connectivity index (χ1n) is 5.71. The lowest BCUT2D eigenvalue weighted by Crippen LogP contribution is -2.08. The first-order chi connectivity index (χ1) is 9.20. The summed E-state index contributed by atoms with van der Waals surface area (Å²) in [6, 6.07) is 5.37. The van der Waals surface area contributed by atoms with Crippen LogP contribution in [0.1, 0.15) is 17.3 Å². The molecule has 0 amide bonds. The van der Waals surface area contributed by atoms with Crippen LogP contribution in [0.5, 0.6) is 0 Å². The van der Waals surface area contributed by atoms with Crippen molar-refractivity contribution in [2.45, 2.75) is 16.8 Å². The lowest BCUT2D eigenvalue weighted by molar-refractivity contribution is 0.0527. The molecule has 0 aliphatic rings. The summed E-state index contributed by atoms with van der Waals surface area (Å²) in [6.07, 6.45) is 4.87. The van der Waals surface area contributed by atoms with Gasteiger partial charge in [-0.3, -0.25) is 4.98 Å². The number of esters is 1. The quantitative estimate of drug-likeness (QED) is 0.863. The van der Waals surface area contributed by atoms with Crippen molar-refractivity contribution in [2.24, 2.45) is 0 Å². The summed E-state index contributed by atoms with van der Waals surface area (Å²) in [6.45, 7) is 2.06. The molecule has 0 bridgehead atoms. The van der Waals surface area contributed by atoms with Crippen LogP contribution in [0, 0.1) is 0 Å². The standard InChI is InChI=1S/C13H13N3O2S/c1-2-18-13(17)10-7-12(16-8-11(10)14)19-9-3-5-15-6-4-9/h3-8H,2,14H2,1H3. The lowest BCUT2D eigenvalue weighted by Gasteiger charge is -2.07. The Bertz CT molecular complexity index is 575. The zero-order valence-corrected chi connectivity index (χ0v) is 11.2. The van der Waals surface area contributed by atoms with E-state index in [1.54, 1.807) is 25.4 Å². The lowest BCUT2D eigenvalue weighted by atomic mass is 10.2. The highest BCUT2D eigenvalue weighted by Gasteiger charge is 2.12. The number of nitrogens with zero attached hydrogens (tertiary/aromatic N) is 2. The summed E-state index contributed by atoms with van der Waals surface area (Å²) in [5.74, 6) is -0.432. The number of hydrogen-bond acceptors (Lipinski definition) is 6. The van der Waals surface area contributed by atoms with Gasteiger partial charge in [-0.05, 0) is 25.1 Å². The number of carbonyl (C=O) groups excluding carboxylic acids is 1. The maximum atomic E-state index is 11.7. The monoisotopic (exact) mass is 275 g/mol. The zero-order chi connectivity index (χ0) is 13.7. The number of aromatic nitrogens is 2. The molecule has 0 aliphatic carbocycles. The van der Waals surface area contributed by atoms with Crippen LogP contribution in [0.3, 0.4) is 0 Å². The Labute approximate surface area is 115 Å². The molecule has 5 nitrogen and oxygen atoms in total. The fourth-order valence-electron chi connectivity index (χ4n) is 1.42. The van der Waals surface area contributed by atoms with E-state index in [2.05, 4.69) is 9.97 Å². The SMILES string of the molecule is CCOC(=O)c1cc(Sc2ccncc2)ncc1N. The minimum Gasteiger partial charge on any atom is -0.462 e. The Morgan fingerprint density at radius 1 is 1.42 bits per heavy atom. The van der Waals surface area contributed by atoms with Gasteiger partial charge < -0.3 is 10.5 Å². The number of nitrogens with two attached hydrogens (primary N) is 1. The fraction of sp³-hybridized carbons (Fsp3) is 0.154. The van der Waals surface area contributed by atoms with Crippen LogP contribution < -0.4 is 5.73 Å². The molecule has 0 radical (unpaired) electrons. The van der Waals surface area contributed by atoms with Gasteiger partial charge in [0.1, 0.15) is 5.03 Å². The van der Waals surface area contributed by atoms with Gasteiger partial charge in [-0.15, -0.1) is 0 Å². The van der Waals surface area contributed by atoms with Crippen LogP contribution in [0.15, 0.2) is 46.7 Å². The van der Waals surface area contributed by atoms with Crippen molar-refractivity contribution in [1.29, 1.82) is 0 Å². The molecule has 0 fully saturated rings. The largest absolute Gasteiger partial charge is 0.462 e. The Balaban J connectivity index is 2.23. The smallest absolute Gasteiger partial charge is 0.340 e. The van der Waals surface area contributed by atoms with Gasteiger partial charge in [-0.25, -0.2) is 9.78 Å². The van der Waals surface area contributed by atoms with Gasteiger partial charge in [0.05, 0.1) is 24.1 Å². The molecule has 0 spiro atoms. The second-order valence-electron chi connectivity index (χ2n) is 3.62. The van der Waals surface area contributed by atoms with E-state index in [1.165, 1.54) is 18.0 Å². The van der Waals surface area contributed by atoms with E-state index < -0.39 is 5.97 Å². The number of anilines is 1. The number of pyridine rings is 2. The van der Waals surface area contributed by atoms with Crippen LogP contribution in [0.25, 0.3) is 0 Å². The summed E-state index contributed by atoms with van der Waals surface area (Å²) < 4.78 is 4.95. The fourth-order valence-corrected chi connectivity index (χ4v) is 2.20. The summed E-state index contributed by atoms with van der Waals surface area (Å²) in [4.78, 5) is 20.8. The van der Waals surface area contributed by atoms with Crippen LogP contribution in [0.4, 0.5) is 5.69 Å². The highest BCUT2D eigenvalue weighted by atomic mass is 32.2. The summed E-state index contributed by atoms with van der Waals surface area (Å²) in [5.41, 5.74) is 6.39. The highest BCUT2D eigenvalue weighted by molar-refractivity contribution is 7.99. The molecular formula is C13H13N3O2S. The maximum Gasteiger partial charge on any atom is 0.340 e. The third-order valence-electron chi connectivity index (χ3n) is 2.28. The van der Waals surface area contributed by atoms with Crippen LogP contribution in [-0.4, -0.2) is 22.5 Å². The van der Waals surface area contributed by atoms with Crippen LogP contribution >= 0.6 is 11.8 Å². The van der Waals surface area contributed by atoms with Gasteiger partial charge in [-0.2, -0.15) is 0 Å². The molecule has 0 unspecified atom stereocenters. The Morgan fingerprint density at radius 2 is 2.16 bits per heavy atom. The average Bonchev–Trinajstić information content (AvgIpc) is 2.42. The van der Waals surface area contributed by atoms with Crippen molar-refractivity contribution in [3.8, 4) is 0 Å². The van der Waals surface area contributed by atoms with E-state index in [1.807, 2.05) is 12.1 Å². The van der Waals surface area contributed by atoms with Crippen LogP contribution in [0.2, 0.25) is 0 Å². The number of rotatable bonds is 4. The number of nitrogen functional groups attached to an aromatic ring is 1. The Morgan fingerprint density at radius 3 is 2.84 bits per heavy atom. The molecule has 0 aromatic carbocycles. The van der Waals surface area contributed by atoms with E-state index in [0.29, 0.717) is 22.9 Å². The molecule has 2 aromatic heterocycles. The molecule has 2 rings (SSSR count). The van der Waals surface area contributed by atoms with E-state index >= 15 is 0 Å². The normalized spacial score (nSPS) is 10.2. The van der Waals surface area contributed by atoms with Crippen molar-refractivity contribution in [2.75, 3.05) is 12.3 Å². The van der Waals surface area contributed by atoms with Gasteiger partial charge in [-0.1, -0.05) is 11.8 Å². The molecule has 19 heavy (non-hydrogen) atoms. The third kappa shape index (κ3) is 3.45. The van der Waals surface area contributed by atoms with E-state index in [-0.39, 0.29) is 0 Å². The van der Waals surface area contributed by atoms with Crippen molar-refractivity contribution in [3.05, 3.63) is 42.4 Å². The van der Waals surface area contributed by atoms with Crippen molar-refractivity contribution < 1.29 is 9.53 Å². The van der Waals surface area contributed by atoms with Gasteiger partial charge in [0.25, 0.3) is 0 Å². The summed E-state index contributed by atoms with van der Waals surface area (Å²) in [7, 11) is 0. The van der Waals surface area contributed by atoms with Crippen molar-refractivity contribution in [1.82, 2.24) is 9.97 Å². The first-order valence-corrected chi connectivity index (χ1v) is 6.53. The number of carbonyl (C=O) groups is 1. The van der Waals surface area contributed by atoms with Crippen molar-refractivity contribution in [3.63, 3.8) is 0 Å². The minimum atomic E-state index is -0.432. The van der Waals surface area contributed by atoms with Gasteiger partial charge in [0.2, 0.25) is 0 Å². The number of ether oxygens (including phenoxy) is 1. The molecule has 2 heterocycles. The van der Waals surface area contributed by atoms with E-state index in [0.717, 1.165) is 4.90 Å². The Hall–Kier alpha value is -2.08. The average molecular weight is 275 g/mol. The Kier molecular flexibility index (Phi) is 4.35. The first kappa shape index (κ1) is 13.4. The predicted octanol–water partition coefficient (Wildman–Crippen LogP) is 2.39. The third-order valence-corrected chi connectivity index (χ3v) is 3.22. The molecule has 2 aromatic rings. The highest BCUT2D eigenvalue weighted by Crippen LogP contribution is 2.27. The zero-order valence-electron chi connectivity index (χ0n) is 10.4. The molecule has 0 atom stereocenters. The number of hydrogen-bond donors (Lipinski definition) is 1. The van der Waals surface area contributed by atoms with Gasteiger partial charge in [0.15, 0.2) is 0 Å². The second kappa shape index (κ2) is 6.19. The second-order valence-corrected chi connectivity index (χ2v) is 4.71. The topological polar surface area (TPSA) is 78.1 Å². The van der Waals surface area contributed by atoms with Gasteiger partial charge >= 0.3 is 5.97 Å². The predicted molar refractivity (Wildman–Crippen MR) is 73.0 cm³/mol. The van der Waals surface area contributed by atoms with Gasteiger partial charge in [0, 0.05) is 17.3 Å². The maximum absolute atomic E-state index is 11.7. The molecule has 2 N–H and O–H groups in total. The summed E-state index contributed by atoms with van der Waals surface area (Å²) >= 11 is 1.43. The van der Waals surface area contributed by atoms with E-state index in [4.69, 9.17) is 10.5 Å². The summed E-state index contributed by atoms with van der Waals surface area (Å²) in [5, 5.41) is 0.684. The molecule has 0 saturated carbocycles.